The summed E-state index contributed by atoms with van der Waals surface area (Å²) in [4.78, 5) is 33.5. The van der Waals surface area contributed by atoms with E-state index in [0.29, 0.717) is 26.0 Å². The minimum Gasteiger partial charge on any atom is -0.471 e. The number of nitrogens with zero attached hydrogens (tertiary/aromatic N) is 1. The highest BCUT2D eigenvalue weighted by Gasteiger charge is 2.15. The second-order valence-electron chi connectivity index (χ2n) is 4.31. The Labute approximate surface area is 120 Å². The van der Waals surface area contributed by atoms with Crippen LogP contribution in [0.15, 0.2) is 12.2 Å². The molecule has 0 bridgehead atoms. The summed E-state index contributed by atoms with van der Waals surface area (Å²) in [5.74, 6) is 0.127. The molecule has 1 saturated heterocycles. The van der Waals surface area contributed by atoms with Gasteiger partial charge in [0.25, 0.3) is 6.47 Å². The predicted octanol–water partition coefficient (Wildman–Crippen LogP) is 0.870. The molecule has 1 aliphatic rings. The Hall–Kier alpha value is -1.85. The van der Waals surface area contributed by atoms with Crippen LogP contribution in [0.3, 0.4) is 0 Å². The Morgan fingerprint density at radius 3 is 2.70 bits per heavy atom. The van der Waals surface area contributed by atoms with Crippen molar-refractivity contribution >= 4 is 18.3 Å². The standard InChI is InChI=1S/C12H20N2O2.C2H4O2/c1-2-6-11(15)13-8-10-14-9-5-3-4-7-12(14)16;1-4-2-3/h2,6H,3-5,7-10H2,1H3,(H,13,15);2H,1H3/b6-2-;. The van der Waals surface area contributed by atoms with E-state index < -0.39 is 0 Å². The van der Waals surface area contributed by atoms with Crippen LogP contribution in [0.2, 0.25) is 0 Å². The van der Waals surface area contributed by atoms with Crippen molar-refractivity contribution in [2.24, 2.45) is 0 Å². The van der Waals surface area contributed by atoms with Crippen molar-refractivity contribution in [2.75, 3.05) is 26.7 Å². The summed E-state index contributed by atoms with van der Waals surface area (Å²) in [7, 11) is 1.31. The number of ether oxygens (including phenoxy) is 1. The van der Waals surface area contributed by atoms with Crippen molar-refractivity contribution in [3.05, 3.63) is 12.2 Å². The van der Waals surface area contributed by atoms with Gasteiger partial charge in [0.15, 0.2) is 0 Å². The summed E-state index contributed by atoms with van der Waals surface area (Å²) < 4.78 is 3.86. The number of hydrogen-bond acceptors (Lipinski definition) is 4. The Bertz CT molecular complexity index is 329. The van der Waals surface area contributed by atoms with Gasteiger partial charge >= 0.3 is 0 Å². The van der Waals surface area contributed by atoms with Crippen LogP contribution in [0.25, 0.3) is 0 Å². The average molecular weight is 284 g/mol. The van der Waals surface area contributed by atoms with Crippen LogP contribution in [-0.2, 0) is 19.1 Å². The van der Waals surface area contributed by atoms with Gasteiger partial charge in [-0.1, -0.05) is 12.5 Å². The van der Waals surface area contributed by atoms with Crippen molar-refractivity contribution < 1.29 is 19.1 Å². The highest BCUT2D eigenvalue weighted by atomic mass is 16.5. The quantitative estimate of drug-likeness (QED) is 0.600. The zero-order chi connectivity index (χ0) is 15.2. The third-order valence-electron chi connectivity index (χ3n) is 2.77. The molecule has 0 aromatic carbocycles. The van der Waals surface area contributed by atoms with Crippen molar-refractivity contribution in [3.63, 3.8) is 0 Å². The summed E-state index contributed by atoms with van der Waals surface area (Å²) in [5.41, 5.74) is 0. The molecule has 1 fully saturated rings. The molecule has 0 atom stereocenters. The highest BCUT2D eigenvalue weighted by Crippen LogP contribution is 2.10. The van der Waals surface area contributed by atoms with Crippen LogP contribution in [0.1, 0.15) is 32.6 Å². The van der Waals surface area contributed by atoms with Crippen molar-refractivity contribution in [3.8, 4) is 0 Å². The number of likely N-dealkylation sites (tertiary alicyclic amines) is 1. The molecule has 0 spiro atoms. The summed E-state index contributed by atoms with van der Waals surface area (Å²) in [6, 6.07) is 0. The molecule has 0 aliphatic carbocycles. The van der Waals surface area contributed by atoms with Crippen LogP contribution in [0, 0.1) is 0 Å². The molecule has 20 heavy (non-hydrogen) atoms. The van der Waals surface area contributed by atoms with Gasteiger partial charge in [0.1, 0.15) is 0 Å². The lowest BCUT2D eigenvalue weighted by molar-refractivity contribution is -0.131. The van der Waals surface area contributed by atoms with E-state index in [1.807, 2.05) is 4.90 Å². The summed E-state index contributed by atoms with van der Waals surface area (Å²) in [5, 5.41) is 2.75. The number of hydrogen-bond donors (Lipinski definition) is 1. The minimum absolute atomic E-state index is 0.0928. The molecular weight excluding hydrogens is 260 g/mol. The van der Waals surface area contributed by atoms with Crippen molar-refractivity contribution in [1.82, 2.24) is 10.2 Å². The Morgan fingerprint density at radius 2 is 2.10 bits per heavy atom. The van der Waals surface area contributed by atoms with E-state index in [-0.39, 0.29) is 11.8 Å². The zero-order valence-electron chi connectivity index (χ0n) is 12.3. The van der Waals surface area contributed by atoms with Gasteiger partial charge in [0, 0.05) is 26.1 Å². The molecule has 0 saturated carbocycles. The number of rotatable bonds is 5. The maximum Gasteiger partial charge on any atom is 0.292 e. The highest BCUT2D eigenvalue weighted by molar-refractivity contribution is 5.87. The van der Waals surface area contributed by atoms with E-state index in [4.69, 9.17) is 4.79 Å². The van der Waals surface area contributed by atoms with Gasteiger partial charge in [-0.3, -0.25) is 14.4 Å². The molecule has 0 radical (unpaired) electrons. The number of allylic oxidation sites excluding steroid dienone is 1. The van der Waals surface area contributed by atoms with Crippen LogP contribution in [0.5, 0.6) is 0 Å². The second kappa shape index (κ2) is 12.2. The first-order valence-electron chi connectivity index (χ1n) is 6.80. The van der Waals surface area contributed by atoms with Gasteiger partial charge in [0.05, 0.1) is 7.11 Å². The number of amides is 2. The molecule has 0 aromatic rings. The number of methoxy groups -OCH3 is 1. The third-order valence-corrected chi connectivity index (χ3v) is 2.77. The predicted molar refractivity (Wildman–Crippen MR) is 75.9 cm³/mol. The lowest BCUT2D eigenvalue weighted by Gasteiger charge is -2.20. The van der Waals surface area contributed by atoms with E-state index in [9.17, 15) is 9.59 Å². The number of carbonyl (C=O) groups excluding carboxylic acids is 3. The van der Waals surface area contributed by atoms with Gasteiger partial charge in [0.2, 0.25) is 11.8 Å². The van der Waals surface area contributed by atoms with Crippen molar-refractivity contribution in [2.45, 2.75) is 32.6 Å². The fourth-order valence-corrected chi connectivity index (χ4v) is 1.80. The van der Waals surface area contributed by atoms with Gasteiger partial charge < -0.3 is 15.0 Å². The Morgan fingerprint density at radius 1 is 1.40 bits per heavy atom. The molecule has 1 heterocycles. The lowest BCUT2D eigenvalue weighted by atomic mass is 10.2. The van der Waals surface area contributed by atoms with E-state index in [1.165, 1.54) is 13.2 Å². The number of carbonyl (C=O) groups is 3. The first kappa shape index (κ1) is 18.1. The fourth-order valence-electron chi connectivity index (χ4n) is 1.80. The minimum atomic E-state index is -0.0928. The van der Waals surface area contributed by atoms with E-state index in [1.54, 1.807) is 13.0 Å². The van der Waals surface area contributed by atoms with Gasteiger partial charge in [-0.15, -0.1) is 0 Å². The maximum atomic E-state index is 11.6. The molecule has 114 valence electrons. The van der Waals surface area contributed by atoms with Crippen LogP contribution >= 0.6 is 0 Å². The van der Waals surface area contributed by atoms with E-state index >= 15 is 0 Å². The summed E-state index contributed by atoms with van der Waals surface area (Å²) >= 11 is 0. The first-order valence-corrected chi connectivity index (χ1v) is 6.80. The smallest absolute Gasteiger partial charge is 0.292 e. The average Bonchev–Trinajstić information content (AvgIpc) is 2.65. The number of nitrogens with one attached hydrogen (secondary N) is 1. The molecule has 2 amide bonds. The molecule has 1 N–H and O–H groups in total. The molecule has 0 unspecified atom stereocenters. The topological polar surface area (TPSA) is 75.7 Å². The van der Waals surface area contributed by atoms with E-state index in [2.05, 4.69) is 10.1 Å². The van der Waals surface area contributed by atoms with E-state index in [0.717, 1.165) is 25.8 Å². The van der Waals surface area contributed by atoms with Gasteiger partial charge in [-0.2, -0.15) is 0 Å². The van der Waals surface area contributed by atoms with Gasteiger partial charge in [-0.25, -0.2) is 0 Å². The fraction of sp³-hybridized carbons (Fsp3) is 0.643. The lowest BCUT2D eigenvalue weighted by Crippen LogP contribution is -2.37. The first-order chi connectivity index (χ1) is 9.65. The zero-order valence-corrected chi connectivity index (χ0v) is 12.3. The third kappa shape index (κ3) is 9.13. The largest absolute Gasteiger partial charge is 0.471 e. The van der Waals surface area contributed by atoms with Crippen LogP contribution in [0.4, 0.5) is 0 Å². The summed E-state index contributed by atoms with van der Waals surface area (Å²) in [6.45, 7) is 4.17. The normalized spacial score (nSPS) is 15.1. The second-order valence-corrected chi connectivity index (χ2v) is 4.31. The monoisotopic (exact) mass is 284 g/mol. The molecule has 6 heteroatoms. The summed E-state index contributed by atoms with van der Waals surface area (Å²) in [6.07, 6.45) is 7.06. The van der Waals surface area contributed by atoms with Crippen LogP contribution < -0.4 is 5.32 Å². The molecule has 6 nitrogen and oxygen atoms in total. The molecule has 0 aromatic heterocycles. The molecule has 1 rings (SSSR count). The van der Waals surface area contributed by atoms with Crippen LogP contribution in [-0.4, -0.2) is 49.9 Å². The Balaban J connectivity index is 0.000000796. The molecule has 1 aliphatic heterocycles. The SMILES string of the molecule is C/C=C\C(=O)NCCN1CCCCCC1=O.COC=O. The maximum absolute atomic E-state index is 11.6. The molecular formula is C14H24N2O4. The van der Waals surface area contributed by atoms with Crippen molar-refractivity contribution in [1.29, 1.82) is 0 Å². The Kier molecular flexibility index (Phi) is 11.1. The van der Waals surface area contributed by atoms with Gasteiger partial charge in [-0.05, 0) is 25.8 Å².